The van der Waals surface area contributed by atoms with Crippen molar-refractivity contribution in [3.63, 3.8) is 0 Å². The number of aliphatic hydroxyl groups is 1. The van der Waals surface area contributed by atoms with E-state index in [1.807, 2.05) is 19.1 Å². The molecular formula is C28H38N2O6S. The van der Waals surface area contributed by atoms with Crippen LogP contribution in [0.2, 0.25) is 0 Å². The molecule has 0 aliphatic carbocycles. The lowest BCUT2D eigenvalue weighted by atomic mass is 9.94. The third kappa shape index (κ3) is 6.17. The summed E-state index contributed by atoms with van der Waals surface area (Å²) in [4.78, 5) is 13.8. The lowest BCUT2D eigenvalue weighted by Crippen LogP contribution is -2.43. The van der Waals surface area contributed by atoms with E-state index in [1.54, 1.807) is 22.5 Å². The second kappa shape index (κ2) is 11.9. The molecule has 9 heteroatoms. The summed E-state index contributed by atoms with van der Waals surface area (Å²) < 4.78 is 40.4. The van der Waals surface area contributed by atoms with E-state index in [9.17, 15) is 18.3 Å². The van der Waals surface area contributed by atoms with Crippen molar-refractivity contribution >= 4 is 21.7 Å². The van der Waals surface area contributed by atoms with Gasteiger partial charge in [0.2, 0.25) is 0 Å². The highest BCUT2D eigenvalue weighted by molar-refractivity contribution is 7.92. The van der Waals surface area contributed by atoms with E-state index >= 15 is 0 Å². The number of β-amino-alcohol motifs (C(OH)–C–C–N with tert-alkyl or cyclic N) is 1. The summed E-state index contributed by atoms with van der Waals surface area (Å²) in [6.45, 7) is 8.35. The van der Waals surface area contributed by atoms with Gasteiger partial charge in [0.05, 0.1) is 29.9 Å². The van der Waals surface area contributed by atoms with Crippen molar-refractivity contribution in [2.24, 2.45) is 0 Å². The molecule has 0 aromatic heterocycles. The molecule has 8 nitrogen and oxygen atoms in total. The Bertz CT molecular complexity index is 1210. The number of aryl methyl sites for hydroxylation is 2. The topological polar surface area (TPSA) is 96.4 Å². The molecular weight excluding hydrogens is 492 g/mol. The van der Waals surface area contributed by atoms with Crippen LogP contribution in [0.5, 0.6) is 0 Å². The largest absolute Gasteiger partial charge is 0.461 e. The number of nitrogens with zero attached hydrogens (tertiary/aromatic N) is 2. The third-order valence-corrected chi connectivity index (χ3v) is 9.20. The van der Waals surface area contributed by atoms with Gasteiger partial charge in [-0.05, 0) is 66.1 Å². The van der Waals surface area contributed by atoms with Crippen molar-refractivity contribution < 1.29 is 27.8 Å². The highest BCUT2D eigenvalue weighted by Crippen LogP contribution is 2.38. The zero-order valence-electron chi connectivity index (χ0n) is 22.0. The average molecular weight is 531 g/mol. The van der Waals surface area contributed by atoms with Crippen LogP contribution in [-0.4, -0.2) is 63.3 Å². The number of carbonyl (C=O) groups is 1. The molecule has 1 saturated heterocycles. The van der Waals surface area contributed by atoms with Gasteiger partial charge in [-0.2, -0.15) is 0 Å². The molecule has 2 heterocycles. The number of aliphatic hydroxyl groups excluding tert-OH is 1. The molecule has 2 atom stereocenters. The first-order chi connectivity index (χ1) is 17.7. The minimum atomic E-state index is -3.90. The summed E-state index contributed by atoms with van der Waals surface area (Å²) in [5.74, 6) is -0.468. The van der Waals surface area contributed by atoms with Gasteiger partial charge in [-0.3, -0.25) is 14.0 Å². The van der Waals surface area contributed by atoms with Gasteiger partial charge in [0, 0.05) is 32.6 Å². The molecule has 0 spiro atoms. The first kappa shape index (κ1) is 27.6. The van der Waals surface area contributed by atoms with Gasteiger partial charge in [0.15, 0.2) is 0 Å². The van der Waals surface area contributed by atoms with E-state index in [0.717, 1.165) is 43.6 Å². The number of rotatable bonds is 9. The first-order valence-electron chi connectivity index (χ1n) is 13.1. The van der Waals surface area contributed by atoms with Gasteiger partial charge >= 0.3 is 5.97 Å². The van der Waals surface area contributed by atoms with Crippen LogP contribution in [0, 0.1) is 0 Å². The normalized spacial score (nSPS) is 19.4. The number of ether oxygens (including phenoxy) is 2. The Hall–Kier alpha value is -2.46. The molecule has 0 radical (unpaired) electrons. The number of carbonyl (C=O) groups excluding carboxylic acids is 1. The highest BCUT2D eigenvalue weighted by Gasteiger charge is 2.36. The van der Waals surface area contributed by atoms with Crippen molar-refractivity contribution in [3.05, 3.63) is 58.7 Å². The maximum absolute atomic E-state index is 14.1. The lowest BCUT2D eigenvalue weighted by Gasteiger charge is -2.38. The molecule has 0 saturated carbocycles. The summed E-state index contributed by atoms with van der Waals surface area (Å²) in [6.07, 6.45) is 2.34. The van der Waals surface area contributed by atoms with Gasteiger partial charge < -0.3 is 14.6 Å². The Labute approximate surface area is 220 Å². The zero-order valence-corrected chi connectivity index (χ0v) is 22.8. The SMILES string of the molecule is CCc1ccc2c(c1)CCC(CC)N2S(=O)(=O)c1ccc(C(O)CN2CCOCC2)c(COC(C)=O)c1. The molecule has 4 rings (SSSR count). The van der Waals surface area contributed by atoms with E-state index in [4.69, 9.17) is 9.47 Å². The van der Waals surface area contributed by atoms with Gasteiger partial charge in [0.1, 0.15) is 6.61 Å². The van der Waals surface area contributed by atoms with E-state index in [-0.39, 0.29) is 17.5 Å². The van der Waals surface area contributed by atoms with Crippen LogP contribution in [0.25, 0.3) is 0 Å². The number of hydrogen-bond donors (Lipinski definition) is 1. The molecule has 2 aliphatic heterocycles. The summed E-state index contributed by atoms with van der Waals surface area (Å²) in [5, 5.41) is 11.0. The quantitative estimate of drug-likeness (QED) is 0.495. The van der Waals surface area contributed by atoms with Gasteiger partial charge in [0.25, 0.3) is 10.0 Å². The minimum Gasteiger partial charge on any atom is -0.461 e. The molecule has 0 bridgehead atoms. The minimum absolute atomic E-state index is 0.109. The number of morpholine rings is 1. The number of anilines is 1. The molecule has 2 unspecified atom stereocenters. The predicted octanol–water partition coefficient (Wildman–Crippen LogP) is 3.60. The molecule has 2 aliphatic rings. The number of fused-ring (bicyclic) bond motifs is 1. The Morgan fingerprint density at radius 2 is 1.92 bits per heavy atom. The molecule has 0 amide bonds. The molecule has 1 N–H and O–H groups in total. The van der Waals surface area contributed by atoms with Crippen LogP contribution in [0.15, 0.2) is 41.3 Å². The predicted molar refractivity (Wildman–Crippen MR) is 142 cm³/mol. The van der Waals surface area contributed by atoms with Crippen molar-refractivity contribution in [2.45, 2.75) is 70.1 Å². The Morgan fingerprint density at radius 1 is 1.16 bits per heavy atom. The second-order valence-corrected chi connectivity index (χ2v) is 11.6. The van der Waals surface area contributed by atoms with Gasteiger partial charge in [-0.15, -0.1) is 0 Å². The number of sulfonamides is 1. The van der Waals surface area contributed by atoms with Crippen molar-refractivity contribution in [1.29, 1.82) is 0 Å². The molecule has 202 valence electrons. The Balaban J connectivity index is 1.70. The van der Waals surface area contributed by atoms with Gasteiger partial charge in [-0.1, -0.05) is 32.0 Å². The van der Waals surface area contributed by atoms with Crippen molar-refractivity contribution in [1.82, 2.24) is 4.90 Å². The molecule has 2 aromatic carbocycles. The van der Waals surface area contributed by atoms with Crippen LogP contribution < -0.4 is 4.31 Å². The lowest BCUT2D eigenvalue weighted by molar-refractivity contribution is -0.142. The average Bonchev–Trinajstić information content (AvgIpc) is 2.91. The summed E-state index contributed by atoms with van der Waals surface area (Å²) in [5.41, 5.74) is 4.01. The summed E-state index contributed by atoms with van der Waals surface area (Å²) >= 11 is 0. The Morgan fingerprint density at radius 3 is 2.59 bits per heavy atom. The van der Waals surface area contributed by atoms with Crippen molar-refractivity contribution in [2.75, 3.05) is 37.2 Å². The molecule has 37 heavy (non-hydrogen) atoms. The number of hydrogen-bond acceptors (Lipinski definition) is 7. The van der Waals surface area contributed by atoms with Crippen LogP contribution >= 0.6 is 0 Å². The highest BCUT2D eigenvalue weighted by atomic mass is 32.2. The third-order valence-electron chi connectivity index (χ3n) is 7.34. The van der Waals surface area contributed by atoms with E-state index < -0.39 is 22.1 Å². The van der Waals surface area contributed by atoms with Gasteiger partial charge in [-0.25, -0.2) is 8.42 Å². The van der Waals surface area contributed by atoms with Crippen LogP contribution in [0.4, 0.5) is 5.69 Å². The number of esters is 1. The van der Waals surface area contributed by atoms with E-state index in [1.165, 1.54) is 12.5 Å². The fraction of sp³-hybridized carbons (Fsp3) is 0.536. The molecule has 2 aromatic rings. The fourth-order valence-electron chi connectivity index (χ4n) is 5.22. The smallest absolute Gasteiger partial charge is 0.302 e. The standard InChI is InChI=1S/C28H38N2O6S/c1-4-21-6-11-27-22(16-21)7-8-24(5-2)30(27)37(33,34)25-9-10-26(23(17-25)19-36-20(3)31)28(32)18-29-12-14-35-15-13-29/h6,9-11,16-17,24,28,32H,4-5,7-8,12-15,18-19H2,1-3H3. The zero-order chi connectivity index (χ0) is 26.6. The van der Waals surface area contributed by atoms with Crippen molar-refractivity contribution in [3.8, 4) is 0 Å². The molecule has 1 fully saturated rings. The van der Waals surface area contributed by atoms with E-state index in [0.29, 0.717) is 37.3 Å². The maximum atomic E-state index is 14.1. The summed E-state index contributed by atoms with van der Waals surface area (Å²) in [6, 6.07) is 10.7. The number of benzene rings is 2. The Kier molecular flexibility index (Phi) is 8.90. The van der Waals surface area contributed by atoms with Crippen LogP contribution in [-0.2, 0) is 43.7 Å². The monoisotopic (exact) mass is 530 g/mol. The summed E-state index contributed by atoms with van der Waals surface area (Å²) in [7, 11) is -3.90. The fourth-order valence-corrected chi connectivity index (χ4v) is 7.06. The van der Waals surface area contributed by atoms with Crippen LogP contribution in [0.3, 0.4) is 0 Å². The maximum Gasteiger partial charge on any atom is 0.302 e. The van der Waals surface area contributed by atoms with Crippen LogP contribution in [0.1, 0.15) is 62.0 Å². The van der Waals surface area contributed by atoms with E-state index in [2.05, 4.69) is 17.9 Å². The second-order valence-electron chi connectivity index (χ2n) is 9.79. The first-order valence-corrected chi connectivity index (χ1v) is 14.6.